The SMILES string of the molecule is COC(=O)CCC([C@@H](O)c1ccccc1OC)[N+](=O)[O-]. The van der Waals surface area contributed by atoms with Crippen molar-refractivity contribution >= 4 is 5.97 Å². The highest BCUT2D eigenvalue weighted by Gasteiger charge is 2.33. The van der Waals surface area contributed by atoms with Crippen molar-refractivity contribution in [1.29, 1.82) is 0 Å². The number of ether oxygens (including phenoxy) is 2. The van der Waals surface area contributed by atoms with Gasteiger partial charge in [0.1, 0.15) is 11.9 Å². The van der Waals surface area contributed by atoms with Crippen molar-refractivity contribution < 1.29 is 24.3 Å². The van der Waals surface area contributed by atoms with Crippen LogP contribution in [0.15, 0.2) is 24.3 Å². The van der Waals surface area contributed by atoms with E-state index in [1.54, 1.807) is 24.3 Å². The molecule has 20 heavy (non-hydrogen) atoms. The second-order valence-corrected chi connectivity index (χ2v) is 4.15. The van der Waals surface area contributed by atoms with E-state index in [-0.39, 0.29) is 12.8 Å². The lowest BCUT2D eigenvalue weighted by molar-refractivity contribution is -0.536. The molecule has 1 aromatic carbocycles. The molecule has 2 atom stereocenters. The fourth-order valence-corrected chi connectivity index (χ4v) is 1.86. The van der Waals surface area contributed by atoms with E-state index in [0.29, 0.717) is 11.3 Å². The molecule has 7 nitrogen and oxygen atoms in total. The number of methoxy groups -OCH3 is 2. The first-order valence-electron chi connectivity index (χ1n) is 6.02. The number of esters is 1. The Balaban J connectivity index is 2.90. The van der Waals surface area contributed by atoms with E-state index in [2.05, 4.69) is 4.74 Å². The lowest BCUT2D eigenvalue weighted by atomic mass is 9.98. The second kappa shape index (κ2) is 7.44. The largest absolute Gasteiger partial charge is 0.496 e. The van der Waals surface area contributed by atoms with Gasteiger partial charge in [-0.05, 0) is 6.07 Å². The van der Waals surface area contributed by atoms with Gasteiger partial charge >= 0.3 is 5.97 Å². The van der Waals surface area contributed by atoms with Crippen LogP contribution in [0.1, 0.15) is 24.5 Å². The summed E-state index contributed by atoms with van der Waals surface area (Å²) >= 11 is 0. The van der Waals surface area contributed by atoms with Gasteiger partial charge in [-0.1, -0.05) is 18.2 Å². The van der Waals surface area contributed by atoms with Crippen LogP contribution in [-0.4, -0.2) is 36.3 Å². The topological polar surface area (TPSA) is 98.9 Å². The maximum absolute atomic E-state index is 11.1. The average molecular weight is 283 g/mol. The van der Waals surface area contributed by atoms with Gasteiger partial charge in [-0.2, -0.15) is 0 Å². The smallest absolute Gasteiger partial charge is 0.305 e. The summed E-state index contributed by atoms with van der Waals surface area (Å²) in [6.45, 7) is 0. The van der Waals surface area contributed by atoms with Crippen LogP contribution in [0.25, 0.3) is 0 Å². The van der Waals surface area contributed by atoms with Gasteiger partial charge in [0.2, 0.25) is 6.04 Å². The van der Waals surface area contributed by atoms with Crippen LogP contribution in [-0.2, 0) is 9.53 Å². The molecule has 0 spiro atoms. The number of carbonyl (C=O) groups excluding carboxylic acids is 1. The number of aliphatic hydroxyl groups excluding tert-OH is 1. The molecule has 0 fully saturated rings. The summed E-state index contributed by atoms with van der Waals surface area (Å²) in [5.74, 6) is -0.186. The van der Waals surface area contributed by atoms with Crippen LogP contribution >= 0.6 is 0 Å². The Labute approximate surface area is 116 Å². The normalized spacial score (nSPS) is 13.3. The summed E-state index contributed by atoms with van der Waals surface area (Å²) in [6.07, 6.45) is -1.60. The van der Waals surface area contributed by atoms with E-state index < -0.39 is 23.0 Å². The predicted molar refractivity (Wildman–Crippen MR) is 70.0 cm³/mol. The van der Waals surface area contributed by atoms with Gasteiger partial charge < -0.3 is 14.6 Å². The Hall–Kier alpha value is -2.15. The Bertz CT molecular complexity index is 476. The molecule has 0 heterocycles. The molecule has 0 bridgehead atoms. The standard InChI is InChI=1S/C13H17NO6/c1-19-11-6-4-3-5-9(11)13(16)10(14(17)18)7-8-12(15)20-2/h3-6,10,13,16H,7-8H2,1-2H3/t10?,13-/m0/s1. The van der Waals surface area contributed by atoms with Crippen molar-refractivity contribution in [3.05, 3.63) is 39.9 Å². The molecule has 7 heteroatoms. The Kier molecular flexibility index (Phi) is 5.92. The number of carbonyl (C=O) groups is 1. The first kappa shape index (κ1) is 15.9. The van der Waals surface area contributed by atoms with Gasteiger partial charge in [0.05, 0.1) is 20.6 Å². The molecule has 0 aliphatic carbocycles. The van der Waals surface area contributed by atoms with Gasteiger partial charge in [0, 0.05) is 16.9 Å². The molecule has 0 saturated carbocycles. The van der Waals surface area contributed by atoms with Gasteiger partial charge in [0.25, 0.3) is 0 Å². The minimum Gasteiger partial charge on any atom is -0.496 e. The van der Waals surface area contributed by atoms with Crippen molar-refractivity contribution in [1.82, 2.24) is 0 Å². The molecular formula is C13H17NO6. The molecular weight excluding hydrogens is 266 g/mol. The molecule has 0 aromatic heterocycles. The van der Waals surface area contributed by atoms with Crippen LogP contribution < -0.4 is 4.74 Å². The van der Waals surface area contributed by atoms with Crippen LogP contribution in [0.3, 0.4) is 0 Å². The second-order valence-electron chi connectivity index (χ2n) is 4.15. The van der Waals surface area contributed by atoms with E-state index in [4.69, 9.17) is 4.74 Å². The molecule has 0 radical (unpaired) electrons. The molecule has 1 N–H and O–H groups in total. The summed E-state index contributed by atoms with van der Waals surface area (Å²) in [5, 5.41) is 21.2. The molecule has 1 rings (SSSR count). The Morgan fingerprint density at radius 3 is 2.60 bits per heavy atom. The third-order valence-electron chi connectivity index (χ3n) is 2.96. The predicted octanol–water partition coefficient (Wildman–Crippen LogP) is 1.33. The third kappa shape index (κ3) is 3.92. The summed E-state index contributed by atoms with van der Waals surface area (Å²) < 4.78 is 9.51. The van der Waals surface area contributed by atoms with Crippen LogP contribution in [0.4, 0.5) is 0 Å². The highest BCUT2D eigenvalue weighted by Crippen LogP contribution is 2.29. The number of rotatable bonds is 7. The highest BCUT2D eigenvalue weighted by molar-refractivity contribution is 5.69. The maximum atomic E-state index is 11.1. The van der Waals surface area contributed by atoms with Crippen LogP contribution in [0, 0.1) is 10.1 Å². The van der Waals surface area contributed by atoms with E-state index in [1.165, 1.54) is 14.2 Å². The van der Waals surface area contributed by atoms with Crippen molar-refractivity contribution in [3.63, 3.8) is 0 Å². The number of nitro groups is 1. The lowest BCUT2D eigenvalue weighted by Gasteiger charge is -2.18. The summed E-state index contributed by atoms with van der Waals surface area (Å²) in [4.78, 5) is 21.5. The average Bonchev–Trinajstić information content (AvgIpc) is 2.46. The maximum Gasteiger partial charge on any atom is 0.305 e. The Morgan fingerprint density at radius 2 is 2.05 bits per heavy atom. The van der Waals surface area contributed by atoms with Crippen LogP contribution in [0.2, 0.25) is 0 Å². The number of nitrogens with zero attached hydrogens (tertiary/aromatic N) is 1. The van der Waals surface area contributed by atoms with E-state index in [9.17, 15) is 20.0 Å². The number of para-hydroxylation sites is 1. The van der Waals surface area contributed by atoms with Gasteiger partial charge in [-0.15, -0.1) is 0 Å². The van der Waals surface area contributed by atoms with Gasteiger partial charge in [0.15, 0.2) is 0 Å². The van der Waals surface area contributed by atoms with E-state index >= 15 is 0 Å². The summed E-state index contributed by atoms with van der Waals surface area (Å²) in [5.41, 5.74) is 0.321. The number of benzene rings is 1. The zero-order valence-corrected chi connectivity index (χ0v) is 11.3. The quantitative estimate of drug-likeness (QED) is 0.460. The minimum absolute atomic E-state index is 0.112. The summed E-state index contributed by atoms with van der Waals surface area (Å²) in [7, 11) is 2.63. The first-order valence-corrected chi connectivity index (χ1v) is 6.02. The van der Waals surface area contributed by atoms with E-state index in [1.807, 2.05) is 0 Å². The van der Waals surface area contributed by atoms with E-state index in [0.717, 1.165) is 0 Å². The van der Waals surface area contributed by atoms with Gasteiger partial charge in [-0.25, -0.2) is 0 Å². The third-order valence-corrected chi connectivity index (χ3v) is 2.96. The Morgan fingerprint density at radius 1 is 1.40 bits per heavy atom. The van der Waals surface area contributed by atoms with Crippen molar-refractivity contribution in [3.8, 4) is 5.75 Å². The van der Waals surface area contributed by atoms with Gasteiger partial charge in [-0.3, -0.25) is 14.9 Å². The van der Waals surface area contributed by atoms with Crippen molar-refractivity contribution in [2.75, 3.05) is 14.2 Å². The van der Waals surface area contributed by atoms with Crippen LogP contribution in [0.5, 0.6) is 5.75 Å². The molecule has 0 aliphatic rings. The molecule has 1 aromatic rings. The fourth-order valence-electron chi connectivity index (χ4n) is 1.86. The monoisotopic (exact) mass is 283 g/mol. The lowest BCUT2D eigenvalue weighted by Crippen LogP contribution is -2.28. The minimum atomic E-state index is -1.36. The number of hydrogen-bond acceptors (Lipinski definition) is 6. The molecule has 110 valence electrons. The molecule has 0 aliphatic heterocycles. The molecule has 0 amide bonds. The first-order chi connectivity index (χ1) is 9.51. The highest BCUT2D eigenvalue weighted by atomic mass is 16.6. The zero-order valence-electron chi connectivity index (χ0n) is 11.3. The van der Waals surface area contributed by atoms with Crippen molar-refractivity contribution in [2.45, 2.75) is 25.0 Å². The number of aliphatic hydroxyl groups is 1. The van der Waals surface area contributed by atoms with Crippen molar-refractivity contribution in [2.24, 2.45) is 0 Å². The molecule has 0 saturated heterocycles. The zero-order chi connectivity index (χ0) is 15.1. The molecule has 1 unspecified atom stereocenters. The fraction of sp³-hybridized carbons (Fsp3) is 0.462. The summed E-state index contributed by atoms with van der Waals surface area (Å²) in [6, 6.07) is 5.21. The number of hydrogen-bond donors (Lipinski definition) is 1.